The first-order valence-electron chi connectivity index (χ1n) is 7.69. The second-order valence-corrected chi connectivity index (χ2v) is 8.02. The first-order valence-corrected chi connectivity index (χ1v) is 9.24. The Kier molecular flexibility index (Phi) is 4.57. The van der Waals surface area contributed by atoms with Crippen molar-refractivity contribution in [3.8, 4) is 0 Å². The Balaban J connectivity index is 1.66. The van der Waals surface area contributed by atoms with Crippen LogP contribution in [0.3, 0.4) is 0 Å². The SMILES string of the molecule is C[C@@H]1OCC[C@@H]1S(=O)(=O)N[C@@H]1CCN(c2ccc(F)cc2F)C1. The Morgan fingerprint density at radius 1 is 1.30 bits per heavy atom. The third-order valence-electron chi connectivity index (χ3n) is 4.47. The van der Waals surface area contributed by atoms with Gasteiger partial charge in [-0.15, -0.1) is 0 Å². The molecule has 0 bridgehead atoms. The highest BCUT2D eigenvalue weighted by Gasteiger charge is 2.38. The van der Waals surface area contributed by atoms with Crippen LogP contribution in [-0.2, 0) is 14.8 Å². The number of benzene rings is 1. The van der Waals surface area contributed by atoms with Gasteiger partial charge in [0.1, 0.15) is 16.9 Å². The van der Waals surface area contributed by atoms with Gasteiger partial charge in [-0.3, -0.25) is 0 Å². The summed E-state index contributed by atoms with van der Waals surface area (Å²) < 4.78 is 59.7. The number of ether oxygens (including phenoxy) is 1. The lowest BCUT2D eigenvalue weighted by atomic mass is 10.2. The van der Waals surface area contributed by atoms with Crippen LogP contribution >= 0.6 is 0 Å². The first-order chi connectivity index (χ1) is 10.9. The molecule has 1 N–H and O–H groups in total. The predicted molar refractivity (Wildman–Crippen MR) is 82.9 cm³/mol. The molecular formula is C15H20F2N2O3S. The predicted octanol–water partition coefficient (Wildman–Crippen LogP) is 1.64. The van der Waals surface area contributed by atoms with Crippen molar-refractivity contribution >= 4 is 15.7 Å². The molecule has 0 radical (unpaired) electrons. The number of hydrogen-bond acceptors (Lipinski definition) is 4. The normalized spacial score (nSPS) is 28.5. The van der Waals surface area contributed by atoms with Crippen molar-refractivity contribution < 1.29 is 21.9 Å². The molecule has 3 atom stereocenters. The molecule has 0 aromatic heterocycles. The van der Waals surface area contributed by atoms with Gasteiger partial charge in [0.15, 0.2) is 0 Å². The maximum atomic E-state index is 13.8. The van der Waals surface area contributed by atoms with Gasteiger partial charge in [0.25, 0.3) is 0 Å². The van der Waals surface area contributed by atoms with Crippen molar-refractivity contribution in [1.29, 1.82) is 0 Å². The molecule has 3 rings (SSSR count). The van der Waals surface area contributed by atoms with Crippen LogP contribution in [0.15, 0.2) is 18.2 Å². The maximum absolute atomic E-state index is 13.8. The second kappa shape index (κ2) is 6.33. The van der Waals surface area contributed by atoms with Crippen molar-refractivity contribution in [2.24, 2.45) is 0 Å². The van der Waals surface area contributed by atoms with E-state index in [1.165, 1.54) is 12.1 Å². The Bertz CT molecular complexity index is 683. The van der Waals surface area contributed by atoms with Crippen LogP contribution < -0.4 is 9.62 Å². The monoisotopic (exact) mass is 346 g/mol. The zero-order valence-corrected chi connectivity index (χ0v) is 13.7. The molecule has 2 aliphatic heterocycles. The van der Waals surface area contributed by atoms with Gasteiger partial charge in [-0.1, -0.05) is 0 Å². The van der Waals surface area contributed by atoms with Crippen molar-refractivity contribution in [3.05, 3.63) is 29.8 Å². The summed E-state index contributed by atoms with van der Waals surface area (Å²) in [7, 11) is -3.47. The molecule has 1 aromatic rings. The van der Waals surface area contributed by atoms with E-state index in [0.29, 0.717) is 38.2 Å². The highest BCUT2D eigenvalue weighted by Crippen LogP contribution is 2.26. The molecule has 2 aliphatic rings. The van der Waals surface area contributed by atoms with Gasteiger partial charge in [0.2, 0.25) is 10.0 Å². The average molecular weight is 346 g/mol. The van der Waals surface area contributed by atoms with Crippen LogP contribution in [-0.4, -0.2) is 45.5 Å². The lowest BCUT2D eigenvalue weighted by Crippen LogP contribution is -2.44. The minimum Gasteiger partial charge on any atom is -0.377 e. The summed E-state index contributed by atoms with van der Waals surface area (Å²) in [5, 5.41) is -0.542. The van der Waals surface area contributed by atoms with Crippen molar-refractivity contribution in [2.45, 2.75) is 37.2 Å². The van der Waals surface area contributed by atoms with E-state index >= 15 is 0 Å². The maximum Gasteiger partial charge on any atom is 0.217 e. The van der Waals surface area contributed by atoms with Crippen LogP contribution in [0.1, 0.15) is 19.8 Å². The number of halogens is 2. The molecule has 2 saturated heterocycles. The number of rotatable bonds is 4. The lowest BCUT2D eigenvalue weighted by Gasteiger charge is -2.21. The topological polar surface area (TPSA) is 58.6 Å². The molecule has 8 heteroatoms. The number of sulfonamides is 1. The lowest BCUT2D eigenvalue weighted by molar-refractivity contribution is 0.126. The molecule has 0 spiro atoms. The van der Waals surface area contributed by atoms with Crippen molar-refractivity contribution in [3.63, 3.8) is 0 Å². The van der Waals surface area contributed by atoms with E-state index in [0.717, 1.165) is 6.07 Å². The van der Waals surface area contributed by atoms with Gasteiger partial charge in [-0.05, 0) is 31.9 Å². The minimum absolute atomic E-state index is 0.280. The van der Waals surface area contributed by atoms with Crippen molar-refractivity contribution in [2.75, 3.05) is 24.6 Å². The molecule has 0 unspecified atom stereocenters. The second-order valence-electron chi connectivity index (χ2n) is 6.09. The van der Waals surface area contributed by atoms with Crippen LogP contribution in [0.25, 0.3) is 0 Å². The third kappa shape index (κ3) is 3.49. The van der Waals surface area contributed by atoms with Crippen LogP contribution in [0, 0.1) is 11.6 Å². The van der Waals surface area contributed by atoms with E-state index in [-0.39, 0.29) is 12.1 Å². The molecule has 2 heterocycles. The summed E-state index contributed by atoms with van der Waals surface area (Å²) in [6, 6.07) is 3.14. The largest absolute Gasteiger partial charge is 0.377 e. The third-order valence-corrected chi connectivity index (χ3v) is 6.55. The summed E-state index contributed by atoms with van der Waals surface area (Å²) >= 11 is 0. The van der Waals surface area contributed by atoms with E-state index in [4.69, 9.17) is 4.74 Å². The Morgan fingerprint density at radius 3 is 2.74 bits per heavy atom. The molecule has 0 amide bonds. The van der Waals surface area contributed by atoms with Gasteiger partial charge in [0, 0.05) is 31.8 Å². The van der Waals surface area contributed by atoms with E-state index in [2.05, 4.69) is 4.72 Å². The molecule has 2 fully saturated rings. The zero-order valence-electron chi connectivity index (χ0n) is 12.8. The van der Waals surface area contributed by atoms with Gasteiger partial charge in [-0.25, -0.2) is 21.9 Å². The first kappa shape index (κ1) is 16.6. The molecule has 0 saturated carbocycles. The summed E-state index contributed by atoms with van der Waals surface area (Å²) in [5.74, 6) is -1.26. The van der Waals surface area contributed by atoms with Gasteiger partial charge >= 0.3 is 0 Å². The average Bonchev–Trinajstić information content (AvgIpc) is 3.08. The fourth-order valence-corrected chi connectivity index (χ4v) is 5.07. The van der Waals surface area contributed by atoms with E-state index in [1.807, 2.05) is 0 Å². The minimum atomic E-state index is -3.47. The molecule has 0 aliphatic carbocycles. The quantitative estimate of drug-likeness (QED) is 0.900. The zero-order chi connectivity index (χ0) is 16.6. The standard InChI is InChI=1S/C15H20F2N2O3S/c1-10-15(5-7-22-10)23(20,21)18-12-4-6-19(9-12)14-3-2-11(16)8-13(14)17/h2-3,8,10,12,15,18H,4-7,9H2,1H3/t10-,12+,15-/m0/s1. The molecule has 5 nitrogen and oxygen atoms in total. The molecule has 128 valence electrons. The highest BCUT2D eigenvalue weighted by molar-refractivity contribution is 7.90. The fourth-order valence-electron chi connectivity index (χ4n) is 3.25. The number of nitrogens with one attached hydrogen (secondary N) is 1. The molecular weight excluding hydrogens is 326 g/mol. The number of nitrogens with zero attached hydrogens (tertiary/aromatic N) is 1. The summed E-state index contributed by atoms with van der Waals surface area (Å²) in [6.07, 6.45) is 0.747. The Hall–Kier alpha value is -1.25. The van der Waals surface area contributed by atoms with Gasteiger partial charge < -0.3 is 9.64 Å². The van der Waals surface area contributed by atoms with E-state index < -0.39 is 26.9 Å². The van der Waals surface area contributed by atoms with Gasteiger partial charge in [0.05, 0.1) is 11.8 Å². The van der Waals surface area contributed by atoms with E-state index in [1.54, 1.807) is 11.8 Å². The molecule has 1 aromatic carbocycles. The van der Waals surface area contributed by atoms with E-state index in [9.17, 15) is 17.2 Å². The fraction of sp³-hybridized carbons (Fsp3) is 0.600. The smallest absolute Gasteiger partial charge is 0.217 e. The summed E-state index contributed by atoms with van der Waals surface area (Å²) in [5.41, 5.74) is 0.297. The number of hydrogen-bond donors (Lipinski definition) is 1. The Labute approximate surface area is 134 Å². The van der Waals surface area contributed by atoms with Gasteiger partial charge in [-0.2, -0.15) is 0 Å². The summed E-state index contributed by atoms with van der Waals surface area (Å²) in [6.45, 7) is 3.09. The van der Waals surface area contributed by atoms with Crippen LogP contribution in [0.5, 0.6) is 0 Å². The number of anilines is 1. The Morgan fingerprint density at radius 2 is 2.09 bits per heavy atom. The van der Waals surface area contributed by atoms with Crippen molar-refractivity contribution in [1.82, 2.24) is 4.72 Å². The van der Waals surface area contributed by atoms with Crippen LogP contribution in [0.2, 0.25) is 0 Å². The molecule has 23 heavy (non-hydrogen) atoms. The summed E-state index contributed by atoms with van der Waals surface area (Å²) in [4.78, 5) is 1.73. The highest BCUT2D eigenvalue weighted by atomic mass is 32.2. The van der Waals surface area contributed by atoms with Crippen LogP contribution in [0.4, 0.5) is 14.5 Å².